The second-order valence-corrected chi connectivity index (χ2v) is 7.35. The molecule has 1 aliphatic carbocycles. The van der Waals surface area contributed by atoms with Gasteiger partial charge in [-0.3, -0.25) is 24.1 Å². The average molecular weight is 370 g/mol. The Morgan fingerprint density at radius 2 is 1.52 bits per heavy atom. The van der Waals surface area contributed by atoms with E-state index >= 15 is 0 Å². The summed E-state index contributed by atoms with van der Waals surface area (Å²) >= 11 is 0. The summed E-state index contributed by atoms with van der Waals surface area (Å²) in [4.78, 5) is 51.8. The zero-order valence-corrected chi connectivity index (χ0v) is 15.1. The van der Waals surface area contributed by atoms with Crippen LogP contribution in [0.3, 0.4) is 0 Å². The van der Waals surface area contributed by atoms with E-state index < -0.39 is 0 Å². The van der Waals surface area contributed by atoms with E-state index in [1.54, 1.807) is 24.3 Å². The SMILES string of the molecule is O=C(OCCN1C(=O)c2ccccc2C1=O)C1CCN(C(=O)C2CC2)CC1. The third kappa shape index (κ3) is 3.46. The first-order valence-corrected chi connectivity index (χ1v) is 9.47. The van der Waals surface area contributed by atoms with Crippen LogP contribution in [0.4, 0.5) is 0 Å². The van der Waals surface area contributed by atoms with Gasteiger partial charge in [-0.05, 0) is 37.8 Å². The zero-order valence-electron chi connectivity index (χ0n) is 15.1. The van der Waals surface area contributed by atoms with Crippen LogP contribution in [0.2, 0.25) is 0 Å². The van der Waals surface area contributed by atoms with Gasteiger partial charge in [-0.25, -0.2) is 0 Å². The van der Waals surface area contributed by atoms with Crippen molar-refractivity contribution >= 4 is 23.7 Å². The van der Waals surface area contributed by atoms with Crippen molar-refractivity contribution in [2.45, 2.75) is 25.7 Å². The molecule has 0 N–H and O–H groups in total. The number of carbonyl (C=O) groups excluding carboxylic acids is 4. The van der Waals surface area contributed by atoms with E-state index in [1.165, 1.54) is 0 Å². The number of likely N-dealkylation sites (tertiary alicyclic amines) is 1. The first-order chi connectivity index (χ1) is 13.1. The Morgan fingerprint density at radius 1 is 0.926 bits per heavy atom. The average Bonchev–Trinajstić information content (AvgIpc) is 3.52. The molecule has 0 radical (unpaired) electrons. The minimum absolute atomic E-state index is 0.00841. The molecule has 0 aromatic heterocycles. The monoisotopic (exact) mass is 370 g/mol. The molecule has 2 aliphatic heterocycles. The Labute approximate surface area is 157 Å². The first kappa shape index (κ1) is 17.7. The molecule has 27 heavy (non-hydrogen) atoms. The van der Waals surface area contributed by atoms with Crippen LogP contribution in [0, 0.1) is 11.8 Å². The molecule has 3 aliphatic rings. The summed E-state index contributed by atoms with van der Waals surface area (Å²) in [6, 6.07) is 6.68. The predicted molar refractivity (Wildman–Crippen MR) is 94.8 cm³/mol. The Hall–Kier alpha value is -2.70. The van der Waals surface area contributed by atoms with Gasteiger partial charge in [0.15, 0.2) is 0 Å². The lowest BCUT2D eigenvalue weighted by Crippen LogP contribution is -2.41. The molecular formula is C20H22N2O5. The molecule has 0 spiro atoms. The molecule has 142 valence electrons. The highest BCUT2D eigenvalue weighted by Crippen LogP contribution is 2.32. The van der Waals surface area contributed by atoms with E-state index in [0.29, 0.717) is 37.1 Å². The standard InChI is InChI=1S/C20H22N2O5/c23-17(13-5-6-13)21-9-7-14(8-10-21)20(26)27-12-11-22-18(24)15-3-1-2-4-16(15)19(22)25/h1-4,13-14H,5-12H2. The lowest BCUT2D eigenvalue weighted by molar-refractivity contribution is -0.152. The van der Waals surface area contributed by atoms with Crippen LogP contribution in [0.25, 0.3) is 0 Å². The van der Waals surface area contributed by atoms with Gasteiger partial charge in [0.25, 0.3) is 11.8 Å². The van der Waals surface area contributed by atoms with Crippen molar-refractivity contribution in [2.75, 3.05) is 26.2 Å². The maximum atomic E-state index is 12.3. The maximum Gasteiger partial charge on any atom is 0.309 e. The van der Waals surface area contributed by atoms with E-state index in [2.05, 4.69) is 0 Å². The van der Waals surface area contributed by atoms with E-state index in [0.717, 1.165) is 17.7 Å². The number of amides is 3. The molecule has 0 atom stereocenters. The van der Waals surface area contributed by atoms with Gasteiger partial charge in [0.1, 0.15) is 6.61 Å². The number of esters is 1. The second kappa shape index (κ2) is 7.13. The van der Waals surface area contributed by atoms with Crippen LogP contribution in [-0.4, -0.2) is 59.7 Å². The van der Waals surface area contributed by atoms with E-state index in [9.17, 15) is 19.2 Å². The third-order valence-corrected chi connectivity index (χ3v) is 5.50. The van der Waals surface area contributed by atoms with Gasteiger partial charge in [0.2, 0.25) is 5.91 Å². The molecule has 1 aromatic carbocycles. The molecule has 0 bridgehead atoms. The number of ether oxygens (including phenoxy) is 1. The lowest BCUT2D eigenvalue weighted by Gasteiger charge is -2.31. The van der Waals surface area contributed by atoms with Crippen molar-refractivity contribution < 1.29 is 23.9 Å². The summed E-state index contributed by atoms with van der Waals surface area (Å²) in [5.74, 6) is -0.821. The molecule has 7 heteroatoms. The van der Waals surface area contributed by atoms with Crippen molar-refractivity contribution in [3.8, 4) is 0 Å². The highest BCUT2D eigenvalue weighted by atomic mass is 16.5. The van der Waals surface area contributed by atoms with Gasteiger partial charge in [0.05, 0.1) is 23.6 Å². The number of imide groups is 1. The summed E-state index contributed by atoms with van der Waals surface area (Å²) in [7, 11) is 0. The van der Waals surface area contributed by atoms with Crippen LogP contribution >= 0.6 is 0 Å². The summed E-state index contributed by atoms with van der Waals surface area (Å²) in [5.41, 5.74) is 0.781. The molecule has 2 heterocycles. The molecule has 1 saturated heterocycles. The molecular weight excluding hydrogens is 348 g/mol. The van der Waals surface area contributed by atoms with Gasteiger partial charge in [-0.1, -0.05) is 12.1 Å². The van der Waals surface area contributed by atoms with Gasteiger partial charge in [-0.2, -0.15) is 0 Å². The Morgan fingerprint density at radius 3 is 2.07 bits per heavy atom. The van der Waals surface area contributed by atoms with E-state index in [1.807, 2.05) is 4.90 Å². The number of nitrogens with zero attached hydrogens (tertiary/aromatic N) is 2. The number of benzene rings is 1. The Kier molecular flexibility index (Phi) is 4.68. The van der Waals surface area contributed by atoms with Crippen LogP contribution in [0.15, 0.2) is 24.3 Å². The fraction of sp³-hybridized carbons (Fsp3) is 0.500. The summed E-state index contributed by atoms with van der Waals surface area (Å²) in [6.45, 7) is 1.23. The number of fused-ring (bicyclic) bond motifs is 1. The van der Waals surface area contributed by atoms with E-state index in [-0.39, 0.29) is 48.7 Å². The van der Waals surface area contributed by atoms with Gasteiger partial charge >= 0.3 is 5.97 Å². The topological polar surface area (TPSA) is 84.0 Å². The predicted octanol–water partition coefficient (Wildman–Crippen LogP) is 1.47. The fourth-order valence-corrected chi connectivity index (χ4v) is 3.72. The third-order valence-electron chi connectivity index (χ3n) is 5.50. The number of hydrogen-bond acceptors (Lipinski definition) is 5. The van der Waals surface area contributed by atoms with Crippen LogP contribution < -0.4 is 0 Å². The van der Waals surface area contributed by atoms with Crippen molar-refractivity contribution in [3.05, 3.63) is 35.4 Å². The van der Waals surface area contributed by atoms with E-state index in [4.69, 9.17) is 4.74 Å². The quantitative estimate of drug-likeness (QED) is 0.579. The molecule has 1 saturated carbocycles. The van der Waals surface area contributed by atoms with Gasteiger partial charge in [0, 0.05) is 19.0 Å². The Bertz CT molecular complexity index is 758. The van der Waals surface area contributed by atoms with Gasteiger partial charge in [-0.15, -0.1) is 0 Å². The number of hydrogen-bond donors (Lipinski definition) is 0. The fourth-order valence-electron chi connectivity index (χ4n) is 3.72. The molecule has 7 nitrogen and oxygen atoms in total. The molecule has 4 rings (SSSR count). The first-order valence-electron chi connectivity index (χ1n) is 9.47. The highest BCUT2D eigenvalue weighted by molar-refractivity contribution is 6.21. The van der Waals surface area contributed by atoms with Crippen molar-refractivity contribution in [3.63, 3.8) is 0 Å². The summed E-state index contributed by atoms with van der Waals surface area (Å²) in [5, 5.41) is 0. The van der Waals surface area contributed by atoms with Crippen LogP contribution in [0.5, 0.6) is 0 Å². The molecule has 3 amide bonds. The van der Waals surface area contributed by atoms with Gasteiger partial charge < -0.3 is 9.64 Å². The minimum atomic E-state index is -0.349. The largest absolute Gasteiger partial charge is 0.464 e. The van der Waals surface area contributed by atoms with Crippen LogP contribution in [0.1, 0.15) is 46.4 Å². The van der Waals surface area contributed by atoms with Crippen LogP contribution in [-0.2, 0) is 14.3 Å². The lowest BCUT2D eigenvalue weighted by atomic mass is 9.97. The van der Waals surface area contributed by atoms with Crippen molar-refractivity contribution in [2.24, 2.45) is 11.8 Å². The number of rotatable bonds is 5. The summed E-state index contributed by atoms with van der Waals surface area (Å²) in [6.07, 6.45) is 3.17. The number of piperidine rings is 1. The molecule has 1 aromatic rings. The normalized spacial score (nSPS) is 20.0. The number of carbonyl (C=O) groups is 4. The zero-order chi connectivity index (χ0) is 19.0. The Balaban J connectivity index is 1.23. The second-order valence-electron chi connectivity index (χ2n) is 7.35. The maximum absolute atomic E-state index is 12.3. The molecule has 2 fully saturated rings. The minimum Gasteiger partial charge on any atom is -0.464 e. The van der Waals surface area contributed by atoms with Crippen molar-refractivity contribution in [1.82, 2.24) is 9.80 Å². The molecule has 0 unspecified atom stereocenters. The smallest absolute Gasteiger partial charge is 0.309 e. The summed E-state index contributed by atoms with van der Waals surface area (Å²) < 4.78 is 5.31. The van der Waals surface area contributed by atoms with Crippen molar-refractivity contribution in [1.29, 1.82) is 0 Å². The highest BCUT2D eigenvalue weighted by Gasteiger charge is 2.37.